The van der Waals surface area contributed by atoms with Crippen molar-refractivity contribution in [2.24, 2.45) is 5.92 Å². The van der Waals surface area contributed by atoms with Gasteiger partial charge >= 0.3 is 0 Å². The maximum atomic E-state index is 12.6. The fourth-order valence-corrected chi connectivity index (χ4v) is 4.00. The minimum atomic E-state index is -0.288. The summed E-state index contributed by atoms with van der Waals surface area (Å²) in [6.07, 6.45) is 4.39. The molecule has 0 saturated carbocycles. The molecule has 0 atom stereocenters. The molecule has 0 spiro atoms. The molecule has 7 heteroatoms. The van der Waals surface area contributed by atoms with Gasteiger partial charge in [-0.05, 0) is 73.8 Å². The van der Waals surface area contributed by atoms with Crippen LogP contribution >= 0.6 is 23.8 Å². The molecule has 31 heavy (non-hydrogen) atoms. The molecular weight excluding hydrogens is 430 g/mol. The molecule has 2 aromatic carbocycles. The van der Waals surface area contributed by atoms with Crippen LogP contribution in [0.15, 0.2) is 42.5 Å². The third kappa shape index (κ3) is 6.84. The number of thiocarbonyl (C=S) groups is 1. The third-order valence-corrected chi connectivity index (χ3v) is 5.93. The second kappa shape index (κ2) is 11.3. The third-order valence-electron chi connectivity index (χ3n) is 5.42. The molecule has 0 radical (unpaired) electrons. The largest absolute Gasteiger partial charge is 0.494 e. The summed E-state index contributed by atoms with van der Waals surface area (Å²) >= 11 is 11.8. The van der Waals surface area contributed by atoms with Crippen LogP contribution in [0.1, 0.15) is 49.9 Å². The molecule has 0 aromatic heterocycles. The van der Waals surface area contributed by atoms with Gasteiger partial charge in [-0.25, -0.2) is 0 Å². The molecule has 1 aliphatic rings. The van der Waals surface area contributed by atoms with E-state index < -0.39 is 0 Å². The molecule has 1 saturated heterocycles. The second-order valence-corrected chi connectivity index (χ2v) is 8.79. The molecule has 1 amide bonds. The number of hydrogen-bond donors (Lipinski definition) is 2. The van der Waals surface area contributed by atoms with Gasteiger partial charge in [-0.2, -0.15) is 0 Å². The van der Waals surface area contributed by atoms with Gasteiger partial charge < -0.3 is 15.0 Å². The molecule has 166 valence electrons. The van der Waals surface area contributed by atoms with E-state index in [0.717, 1.165) is 43.2 Å². The summed E-state index contributed by atoms with van der Waals surface area (Å²) in [6.45, 7) is 7.06. The lowest BCUT2D eigenvalue weighted by atomic mass is 9.99. The zero-order valence-electron chi connectivity index (χ0n) is 18.1. The lowest BCUT2D eigenvalue weighted by molar-refractivity contribution is 0.0977. The highest BCUT2D eigenvalue weighted by Crippen LogP contribution is 2.31. The number of amides is 1. The number of carbonyl (C=O) groups is 1. The van der Waals surface area contributed by atoms with Gasteiger partial charge in [0.2, 0.25) is 0 Å². The van der Waals surface area contributed by atoms with Crippen LogP contribution in [0.25, 0.3) is 0 Å². The van der Waals surface area contributed by atoms with Crippen LogP contribution in [0.5, 0.6) is 5.75 Å². The molecule has 1 fully saturated rings. The van der Waals surface area contributed by atoms with Gasteiger partial charge in [0.1, 0.15) is 5.75 Å². The first kappa shape index (κ1) is 23.4. The second-order valence-electron chi connectivity index (χ2n) is 7.97. The van der Waals surface area contributed by atoms with Crippen LogP contribution in [-0.2, 0) is 0 Å². The Kier molecular flexibility index (Phi) is 8.55. The van der Waals surface area contributed by atoms with Gasteiger partial charge in [0, 0.05) is 24.3 Å². The van der Waals surface area contributed by atoms with Crippen molar-refractivity contribution in [1.82, 2.24) is 5.32 Å². The number of nitrogens with zero attached hydrogens (tertiary/aromatic N) is 1. The Balaban J connectivity index is 1.56. The standard InChI is InChI=1S/C24H30ClN3O2S/c1-3-4-14-30-20-7-5-6-18(15-20)23(29)27-24(31)26-19-8-9-22(21(25)16-19)28-12-10-17(2)11-13-28/h5-9,15-17H,3-4,10-14H2,1-2H3,(H2,26,27,29,31). The fourth-order valence-electron chi connectivity index (χ4n) is 3.49. The number of hydrogen-bond acceptors (Lipinski definition) is 4. The summed E-state index contributed by atoms with van der Waals surface area (Å²) < 4.78 is 5.67. The summed E-state index contributed by atoms with van der Waals surface area (Å²) in [4.78, 5) is 14.9. The SMILES string of the molecule is CCCCOc1cccc(C(=O)NC(=S)Nc2ccc(N3CCC(C)CC3)c(Cl)c2)c1. The van der Waals surface area contributed by atoms with E-state index in [1.165, 1.54) is 12.8 Å². The number of benzene rings is 2. The monoisotopic (exact) mass is 459 g/mol. The average Bonchev–Trinajstić information content (AvgIpc) is 2.75. The molecule has 2 N–H and O–H groups in total. The van der Waals surface area contributed by atoms with Crippen molar-refractivity contribution in [3.63, 3.8) is 0 Å². The van der Waals surface area contributed by atoms with E-state index in [0.29, 0.717) is 22.9 Å². The summed E-state index contributed by atoms with van der Waals surface area (Å²) in [5.74, 6) is 1.15. The zero-order chi connectivity index (χ0) is 22.2. The number of rotatable bonds is 7. The van der Waals surface area contributed by atoms with Gasteiger partial charge in [0.25, 0.3) is 5.91 Å². The van der Waals surface area contributed by atoms with Crippen molar-refractivity contribution in [2.45, 2.75) is 39.5 Å². The van der Waals surface area contributed by atoms with E-state index in [2.05, 4.69) is 29.4 Å². The predicted octanol–water partition coefficient (Wildman–Crippen LogP) is 5.88. The van der Waals surface area contributed by atoms with Crippen molar-refractivity contribution in [2.75, 3.05) is 29.9 Å². The van der Waals surface area contributed by atoms with Crippen molar-refractivity contribution in [3.05, 3.63) is 53.1 Å². The molecule has 3 rings (SSSR count). The quantitative estimate of drug-likeness (QED) is 0.400. The Morgan fingerprint density at radius 3 is 2.71 bits per heavy atom. The van der Waals surface area contributed by atoms with Gasteiger partial charge in [0.05, 0.1) is 17.3 Å². The van der Waals surface area contributed by atoms with Gasteiger partial charge in [0.15, 0.2) is 5.11 Å². The molecule has 0 unspecified atom stereocenters. The summed E-state index contributed by atoms with van der Waals surface area (Å²) in [5, 5.41) is 6.65. The minimum Gasteiger partial charge on any atom is -0.494 e. The van der Waals surface area contributed by atoms with E-state index in [-0.39, 0.29) is 11.0 Å². The Labute approximate surface area is 195 Å². The fraction of sp³-hybridized carbons (Fsp3) is 0.417. The molecule has 5 nitrogen and oxygen atoms in total. The molecular formula is C24H30ClN3O2S. The van der Waals surface area contributed by atoms with Crippen molar-refractivity contribution in [1.29, 1.82) is 0 Å². The Morgan fingerprint density at radius 1 is 1.23 bits per heavy atom. The lowest BCUT2D eigenvalue weighted by Gasteiger charge is -2.32. The lowest BCUT2D eigenvalue weighted by Crippen LogP contribution is -2.34. The van der Waals surface area contributed by atoms with Gasteiger partial charge in [-0.3, -0.25) is 10.1 Å². The van der Waals surface area contributed by atoms with Crippen LogP contribution in [0.3, 0.4) is 0 Å². The molecule has 1 aliphatic heterocycles. The minimum absolute atomic E-state index is 0.220. The van der Waals surface area contributed by atoms with Crippen molar-refractivity contribution in [3.8, 4) is 5.75 Å². The average molecular weight is 460 g/mol. The van der Waals surface area contributed by atoms with Crippen LogP contribution < -0.4 is 20.3 Å². The number of unbranched alkanes of at least 4 members (excludes halogenated alkanes) is 1. The maximum absolute atomic E-state index is 12.6. The Bertz CT molecular complexity index is 913. The first-order valence-electron chi connectivity index (χ1n) is 10.9. The summed E-state index contributed by atoms with van der Waals surface area (Å²) in [5.41, 5.74) is 2.26. The maximum Gasteiger partial charge on any atom is 0.257 e. The Morgan fingerprint density at radius 2 is 2.00 bits per heavy atom. The highest BCUT2D eigenvalue weighted by Gasteiger charge is 2.18. The zero-order valence-corrected chi connectivity index (χ0v) is 19.7. The molecule has 1 heterocycles. The number of halogens is 1. The van der Waals surface area contributed by atoms with Crippen LogP contribution in [0.2, 0.25) is 5.02 Å². The number of anilines is 2. The van der Waals surface area contributed by atoms with E-state index in [4.69, 9.17) is 28.6 Å². The predicted molar refractivity (Wildman–Crippen MR) is 133 cm³/mol. The smallest absolute Gasteiger partial charge is 0.257 e. The van der Waals surface area contributed by atoms with Gasteiger partial charge in [-0.15, -0.1) is 0 Å². The van der Waals surface area contributed by atoms with E-state index in [9.17, 15) is 4.79 Å². The number of ether oxygens (including phenoxy) is 1. The molecule has 0 bridgehead atoms. The van der Waals surface area contributed by atoms with Crippen LogP contribution in [0, 0.1) is 5.92 Å². The van der Waals surface area contributed by atoms with Crippen LogP contribution in [-0.4, -0.2) is 30.7 Å². The number of piperidine rings is 1. The van der Waals surface area contributed by atoms with E-state index in [1.807, 2.05) is 24.3 Å². The number of nitrogens with one attached hydrogen (secondary N) is 2. The Hall–Kier alpha value is -2.31. The van der Waals surface area contributed by atoms with E-state index >= 15 is 0 Å². The van der Waals surface area contributed by atoms with E-state index in [1.54, 1.807) is 18.2 Å². The first-order valence-corrected chi connectivity index (χ1v) is 11.6. The first-order chi connectivity index (χ1) is 15.0. The summed E-state index contributed by atoms with van der Waals surface area (Å²) in [6, 6.07) is 12.9. The van der Waals surface area contributed by atoms with Crippen molar-refractivity contribution >= 4 is 46.2 Å². The van der Waals surface area contributed by atoms with Crippen molar-refractivity contribution < 1.29 is 9.53 Å². The van der Waals surface area contributed by atoms with Gasteiger partial charge in [-0.1, -0.05) is 37.9 Å². The molecule has 2 aromatic rings. The highest BCUT2D eigenvalue weighted by atomic mass is 35.5. The summed E-state index contributed by atoms with van der Waals surface area (Å²) in [7, 11) is 0. The number of carbonyl (C=O) groups excluding carboxylic acids is 1. The van der Waals surface area contributed by atoms with Crippen LogP contribution in [0.4, 0.5) is 11.4 Å². The highest BCUT2D eigenvalue weighted by molar-refractivity contribution is 7.80. The normalized spacial score (nSPS) is 14.2. The topological polar surface area (TPSA) is 53.6 Å². The molecule has 0 aliphatic carbocycles.